The molecule has 19 heavy (non-hydrogen) atoms. The Kier molecular flexibility index (Phi) is 3.91. The highest BCUT2D eigenvalue weighted by atomic mass is 32.5. The minimum absolute atomic E-state index is 0.0163. The molecule has 0 bridgehead atoms. The Morgan fingerprint density at radius 3 is 2.11 bits per heavy atom. The van der Waals surface area contributed by atoms with E-state index in [1.165, 1.54) is 0 Å². The standard InChI is InChI=1S/C11H11F6PS/c1-5-3-2-4-6(5)8-7(10(12,13)14)9(18-19-8)11(15,16)17/h5-6H,2-4H2,1H3. The van der Waals surface area contributed by atoms with Gasteiger partial charge in [0.25, 0.3) is 0 Å². The first-order valence-electron chi connectivity index (χ1n) is 5.76. The molecule has 0 spiro atoms. The summed E-state index contributed by atoms with van der Waals surface area (Å²) in [5.41, 5.74) is -1.43. The van der Waals surface area contributed by atoms with Gasteiger partial charge in [0.15, 0.2) is 0 Å². The number of hydrogen-bond acceptors (Lipinski definition) is 1. The van der Waals surface area contributed by atoms with E-state index in [0.717, 1.165) is 12.8 Å². The minimum Gasteiger partial charge on any atom is -0.166 e. The van der Waals surface area contributed by atoms with Crippen molar-refractivity contribution in [3.8, 4) is 0 Å². The lowest BCUT2D eigenvalue weighted by Crippen LogP contribution is -2.17. The SMILES string of the molecule is CC1CCCC1c1spc(C(F)(F)F)c1C(F)(F)F. The number of halogens is 6. The highest BCUT2D eigenvalue weighted by Crippen LogP contribution is 2.55. The van der Waals surface area contributed by atoms with Crippen LogP contribution in [-0.2, 0) is 12.4 Å². The molecule has 1 aromatic heterocycles. The largest absolute Gasteiger partial charge is 0.422 e. The summed E-state index contributed by atoms with van der Waals surface area (Å²) in [6.45, 7) is 1.81. The summed E-state index contributed by atoms with van der Waals surface area (Å²) in [4.78, 5) is -0.105. The first kappa shape index (κ1) is 15.1. The van der Waals surface area contributed by atoms with Crippen molar-refractivity contribution < 1.29 is 26.3 Å². The molecule has 0 amide bonds. The number of hydrogen-bond donors (Lipinski definition) is 0. The normalized spacial score (nSPS) is 25.4. The van der Waals surface area contributed by atoms with Gasteiger partial charge in [0.2, 0.25) is 0 Å². The average molecular weight is 320 g/mol. The predicted octanol–water partition coefficient (Wildman–Crippen LogP) is 6.27. The maximum absolute atomic E-state index is 13.0. The fourth-order valence-electron chi connectivity index (χ4n) is 2.56. The van der Waals surface area contributed by atoms with Crippen LogP contribution in [0.2, 0.25) is 0 Å². The monoisotopic (exact) mass is 320 g/mol. The Hall–Kier alpha value is -0.290. The zero-order valence-corrected chi connectivity index (χ0v) is 11.6. The maximum atomic E-state index is 13.0. The third kappa shape index (κ3) is 2.92. The van der Waals surface area contributed by atoms with Gasteiger partial charge in [0.1, 0.15) is 5.30 Å². The molecule has 8 heteroatoms. The molecule has 1 heterocycles. The highest BCUT2D eigenvalue weighted by Gasteiger charge is 2.48. The molecular formula is C11H11F6PS. The van der Waals surface area contributed by atoms with E-state index < -0.39 is 23.2 Å². The summed E-state index contributed by atoms with van der Waals surface area (Å²) >= 11 is 0. The van der Waals surface area contributed by atoms with E-state index in [2.05, 4.69) is 0 Å². The van der Waals surface area contributed by atoms with Crippen molar-refractivity contribution in [3.63, 3.8) is 0 Å². The molecule has 0 aromatic carbocycles. The molecule has 2 unspecified atom stereocenters. The van der Waals surface area contributed by atoms with Gasteiger partial charge in [-0.2, -0.15) is 26.3 Å². The molecule has 1 aliphatic rings. The van der Waals surface area contributed by atoms with Crippen LogP contribution < -0.4 is 0 Å². The minimum atomic E-state index is -4.93. The zero-order valence-electron chi connectivity index (χ0n) is 9.90. The van der Waals surface area contributed by atoms with Crippen molar-refractivity contribution in [2.75, 3.05) is 0 Å². The third-order valence-corrected chi connectivity index (χ3v) is 6.33. The first-order chi connectivity index (χ1) is 8.62. The van der Waals surface area contributed by atoms with Gasteiger partial charge in [0.05, 0.1) is 5.56 Å². The van der Waals surface area contributed by atoms with E-state index in [1.54, 1.807) is 0 Å². The second-order valence-corrected chi connectivity index (χ2v) is 7.13. The molecule has 0 aliphatic heterocycles. The predicted molar refractivity (Wildman–Crippen MR) is 62.6 cm³/mol. The fourth-order valence-corrected chi connectivity index (χ4v) is 5.89. The zero-order chi connectivity index (χ0) is 14.4. The van der Waals surface area contributed by atoms with Crippen molar-refractivity contribution >= 4 is 18.3 Å². The van der Waals surface area contributed by atoms with Gasteiger partial charge in [0, 0.05) is 12.2 Å². The van der Waals surface area contributed by atoms with Crippen molar-refractivity contribution in [1.82, 2.24) is 0 Å². The summed E-state index contributed by atoms with van der Waals surface area (Å²) in [5, 5.41) is -1.45. The molecular weight excluding hydrogens is 309 g/mol. The van der Waals surface area contributed by atoms with E-state index in [1.807, 2.05) is 6.92 Å². The lowest BCUT2D eigenvalue weighted by atomic mass is 9.93. The molecule has 1 aliphatic carbocycles. The van der Waals surface area contributed by atoms with Gasteiger partial charge in [-0.25, -0.2) is 0 Å². The highest BCUT2D eigenvalue weighted by molar-refractivity contribution is 7.81. The molecule has 1 aromatic rings. The van der Waals surface area contributed by atoms with Crippen LogP contribution >= 0.6 is 18.3 Å². The Balaban J connectivity index is 2.54. The molecule has 1 fully saturated rings. The van der Waals surface area contributed by atoms with Crippen molar-refractivity contribution in [3.05, 3.63) is 15.7 Å². The lowest BCUT2D eigenvalue weighted by molar-refractivity contribution is -0.159. The molecule has 108 valence electrons. The van der Waals surface area contributed by atoms with Crippen LogP contribution in [0.3, 0.4) is 0 Å². The summed E-state index contributed by atoms with van der Waals surface area (Å²) in [6, 6.07) is 0. The average Bonchev–Trinajstić information content (AvgIpc) is 2.79. The second-order valence-electron chi connectivity index (χ2n) is 4.78. The molecule has 0 radical (unpaired) electrons. The summed E-state index contributed by atoms with van der Waals surface area (Å²) in [5.74, 6) is -0.364. The van der Waals surface area contributed by atoms with Gasteiger partial charge < -0.3 is 0 Å². The Morgan fingerprint density at radius 2 is 1.68 bits per heavy atom. The van der Waals surface area contributed by atoms with E-state index in [9.17, 15) is 26.3 Å². The van der Waals surface area contributed by atoms with E-state index in [4.69, 9.17) is 0 Å². The van der Waals surface area contributed by atoms with Gasteiger partial charge in [-0.3, -0.25) is 0 Å². The van der Waals surface area contributed by atoms with Crippen molar-refractivity contribution in [2.24, 2.45) is 5.92 Å². The Labute approximate surface area is 111 Å². The molecule has 0 saturated heterocycles. The van der Waals surface area contributed by atoms with Crippen molar-refractivity contribution in [1.29, 1.82) is 0 Å². The Bertz CT molecular complexity index is 461. The lowest BCUT2D eigenvalue weighted by Gasteiger charge is -2.18. The molecule has 1 saturated carbocycles. The molecule has 0 N–H and O–H groups in total. The summed E-state index contributed by atoms with van der Waals surface area (Å²) in [6.07, 6.45) is -7.75. The van der Waals surface area contributed by atoms with E-state index >= 15 is 0 Å². The Morgan fingerprint density at radius 1 is 1.05 bits per heavy atom. The van der Waals surface area contributed by atoms with Crippen LogP contribution in [0.25, 0.3) is 0 Å². The molecule has 2 atom stereocenters. The maximum Gasteiger partial charge on any atom is 0.422 e. The first-order valence-corrected chi connectivity index (χ1v) is 8.08. The van der Waals surface area contributed by atoms with Crippen LogP contribution in [-0.4, -0.2) is 0 Å². The van der Waals surface area contributed by atoms with E-state index in [-0.39, 0.29) is 24.1 Å². The number of alkyl halides is 6. The van der Waals surface area contributed by atoms with Gasteiger partial charge in [-0.05, 0) is 18.3 Å². The van der Waals surface area contributed by atoms with Crippen LogP contribution in [0, 0.1) is 5.92 Å². The van der Waals surface area contributed by atoms with E-state index in [0.29, 0.717) is 17.4 Å². The number of rotatable bonds is 1. The van der Waals surface area contributed by atoms with Crippen LogP contribution in [0.1, 0.15) is 47.8 Å². The van der Waals surface area contributed by atoms with Gasteiger partial charge in [-0.1, -0.05) is 19.8 Å². The van der Waals surface area contributed by atoms with Crippen LogP contribution in [0.4, 0.5) is 26.3 Å². The fraction of sp³-hybridized carbons (Fsp3) is 0.727. The van der Waals surface area contributed by atoms with Gasteiger partial charge >= 0.3 is 12.4 Å². The quantitative estimate of drug-likeness (QED) is 0.535. The van der Waals surface area contributed by atoms with Crippen molar-refractivity contribution in [2.45, 2.75) is 44.5 Å². The van der Waals surface area contributed by atoms with Gasteiger partial charge in [-0.15, -0.1) is 10.9 Å². The molecule has 0 nitrogen and oxygen atoms in total. The topological polar surface area (TPSA) is 0 Å². The third-order valence-electron chi connectivity index (χ3n) is 3.47. The summed E-state index contributed by atoms with van der Waals surface area (Å²) < 4.78 is 77.0. The van der Waals surface area contributed by atoms with Crippen LogP contribution in [0.5, 0.6) is 0 Å². The summed E-state index contributed by atoms with van der Waals surface area (Å²) in [7, 11) is 0.344. The smallest absolute Gasteiger partial charge is 0.166 e. The van der Waals surface area contributed by atoms with Crippen LogP contribution in [0.15, 0.2) is 0 Å². The molecule has 2 rings (SSSR count). The second kappa shape index (κ2) is 4.92.